The van der Waals surface area contributed by atoms with Gasteiger partial charge < -0.3 is 24.9 Å². The predicted molar refractivity (Wildman–Crippen MR) is 65.5 cm³/mol. The number of likely N-dealkylation sites (N-methyl/N-ethyl adjacent to an activating group) is 2. The summed E-state index contributed by atoms with van der Waals surface area (Å²) in [5.41, 5.74) is 0. The number of carboxylic acid groups (broad SMARTS) is 1. The number of likely N-dealkylation sites (tertiary alicyclic amines) is 1. The van der Waals surface area contributed by atoms with E-state index in [1.807, 2.05) is 0 Å². The van der Waals surface area contributed by atoms with E-state index in [4.69, 9.17) is 5.11 Å². The molecule has 1 aliphatic heterocycles. The quantitative estimate of drug-likeness (QED) is 0.662. The van der Waals surface area contributed by atoms with Crippen molar-refractivity contribution in [1.82, 2.24) is 14.7 Å². The summed E-state index contributed by atoms with van der Waals surface area (Å²) >= 11 is 0. The molecule has 0 spiro atoms. The fourth-order valence-corrected chi connectivity index (χ4v) is 1.89. The van der Waals surface area contributed by atoms with Gasteiger partial charge in [-0.3, -0.25) is 4.79 Å². The molecule has 2 atom stereocenters. The molecule has 8 nitrogen and oxygen atoms in total. The molecule has 19 heavy (non-hydrogen) atoms. The Morgan fingerprint density at radius 2 is 1.84 bits per heavy atom. The summed E-state index contributed by atoms with van der Waals surface area (Å²) in [5, 5.41) is 18.5. The van der Waals surface area contributed by atoms with Crippen LogP contribution in [0.5, 0.6) is 0 Å². The lowest BCUT2D eigenvalue weighted by Gasteiger charge is -2.27. The highest BCUT2D eigenvalue weighted by Gasteiger charge is 2.40. The number of aliphatic carboxylic acids is 1. The minimum atomic E-state index is -1.16. The van der Waals surface area contributed by atoms with Crippen LogP contribution in [0.25, 0.3) is 0 Å². The molecule has 0 saturated carbocycles. The van der Waals surface area contributed by atoms with E-state index in [1.54, 1.807) is 14.1 Å². The van der Waals surface area contributed by atoms with Crippen LogP contribution in [0.3, 0.4) is 0 Å². The first-order chi connectivity index (χ1) is 8.73. The minimum Gasteiger partial charge on any atom is -0.480 e. The molecule has 0 aromatic rings. The second-order valence-electron chi connectivity index (χ2n) is 4.82. The second kappa shape index (κ2) is 5.87. The molecule has 1 rings (SSSR count). The van der Waals surface area contributed by atoms with E-state index in [1.165, 1.54) is 11.9 Å². The minimum absolute atomic E-state index is 0.0105. The zero-order valence-corrected chi connectivity index (χ0v) is 11.2. The number of nitrogens with zero attached hydrogens (tertiary/aromatic N) is 3. The molecule has 108 valence electrons. The van der Waals surface area contributed by atoms with Crippen molar-refractivity contribution in [2.75, 3.05) is 34.2 Å². The fourth-order valence-electron chi connectivity index (χ4n) is 1.89. The average molecular weight is 273 g/mol. The Labute approximate surface area is 111 Å². The summed E-state index contributed by atoms with van der Waals surface area (Å²) in [4.78, 5) is 38.2. The number of carboxylic acids is 1. The Balaban J connectivity index is 2.70. The monoisotopic (exact) mass is 273 g/mol. The molecular formula is C11H19N3O5. The Hall–Kier alpha value is -1.83. The van der Waals surface area contributed by atoms with Crippen molar-refractivity contribution in [3.8, 4) is 0 Å². The molecule has 1 fully saturated rings. The van der Waals surface area contributed by atoms with Gasteiger partial charge in [-0.2, -0.15) is 0 Å². The highest BCUT2D eigenvalue weighted by Crippen LogP contribution is 2.19. The van der Waals surface area contributed by atoms with Crippen molar-refractivity contribution >= 4 is 17.9 Å². The first kappa shape index (κ1) is 15.2. The van der Waals surface area contributed by atoms with Gasteiger partial charge in [-0.15, -0.1) is 0 Å². The number of amides is 3. The largest absolute Gasteiger partial charge is 0.480 e. The van der Waals surface area contributed by atoms with Crippen LogP contribution in [0.1, 0.15) is 6.42 Å². The number of β-amino-alcohol motifs (C(OH)–C–C–N with tert-alkyl or cyclic N) is 1. The third kappa shape index (κ3) is 3.57. The van der Waals surface area contributed by atoms with Crippen molar-refractivity contribution in [3.05, 3.63) is 0 Å². The van der Waals surface area contributed by atoms with Gasteiger partial charge in [0.1, 0.15) is 12.6 Å². The number of rotatable bonds is 3. The van der Waals surface area contributed by atoms with Gasteiger partial charge in [0, 0.05) is 34.1 Å². The SMILES string of the molecule is CN(C)C(=O)CN(C)C(=O)N1C[C@@H](O)C[C@H]1C(=O)O. The maximum absolute atomic E-state index is 12.1. The lowest BCUT2D eigenvalue weighted by molar-refractivity contribution is -0.141. The van der Waals surface area contributed by atoms with Crippen molar-refractivity contribution in [2.45, 2.75) is 18.6 Å². The van der Waals surface area contributed by atoms with Crippen molar-refractivity contribution < 1.29 is 24.6 Å². The van der Waals surface area contributed by atoms with E-state index in [-0.39, 0.29) is 25.4 Å². The summed E-state index contributed by atoms with van der Waals surface area (Å²) in [5.74, 6) is -1.42. The van der Waals surface area contributed by atoms with Crippen LogP contribution >= 0.6 is 0 Å². The van der Waals surface area contributed by atoms with Gasteiger partial charge in [-0.25, -0.2) is 9.59 Å². The summed E-state index contributed by atoms with van der Waals surface area (Å²) in [6.45, 7) is -0.166. The van der Waals surface area contributed by atoms with E-state index in [9.17, 15) is 19.5 Å². The van der Waals surface area contributed by atoms with Crippen LogP contribution in [0.4, 0.5) is 4.79 Å². The Bertz CT molecular complexity index is 385. The maximum atomic E-state index is 12.1. The lowest BCUT2D eigenvalue weighted by atomic mass is 10.2. The van der Waals surface area contributed by atoms with Crippen molar-refractivity contribution in [3.63, 3.8) is 0 Å². The zero-order chi connectivity index (χ0) is 14.7. The molecular weight excluding hydrogens is 254 g/mol. The van der Waals surface area contributed by atoms with Gasteiger partial charge in [0.25, 0.3) is 0 Å². The Morgan fingerprint density at radius 1 is 1.26 bits per heavy atom. The number of aliphatic hydroxyl groups excluding tert-OH is 1. The first-order valence-electron chi connectivity index (χ1n) is 5.86. The van der Waals surface area contributed by atoms with Crippen molar-refractivity contribution in [1.29, 1.82) is 0 Å². The van der Waals surface area contributed by atoms with Crippen LogP contribution in [0, 0.1) is 0 Å². The van der Waals surface area contributed by atoms with Crippen molar-refractivity contribution in [2.24, 2.45) is 0 Å². The zero-order valence-electron chi connectivity index (χ0n) is 11.2. The molecule has 0 aromatic heterocycles. The van der Waals surface area contributed by atoms with Gasteiger partial charge in [0.15, 0.2) is 0 Å². The maximum Gasteiger partial charge on any atom is 0.326 e. The normalized spacial score (nSPS) is 22.2. The van der Waals surface area contributed by atoms with Crippen LogP contribution in [-0.4, -0.2) is 89.2 Å². The van der Waals surface area contributed by atoms with Gasteiger partial charge in [-0.05, 0) is 0 Å². The second-order valence-corrected chi connectivity index (χ2v) is 4.82. The van der Waals surface area contributed by atoms with Gasteiger partial charge in [-0.1, -0.05) is 0 Å². The molecule has 1 heterocycles. The number of carbonyl (C=O) groups excluding carboxylic acids is 2. The van der Waals surface area contributed by atoms with Crippen LogP contribution in [-0.2, 0) is 9.59 Å². The van der Waals surface area contributed by atoms with Crippen LogP contribution in [0.2, 0.25) is 0 Å². The summed E-state index contributed by atoms with van der Waals surface area (Å²) in [7, 11) is 4.56. The third-order valence-corrected chi connectivity index (χ3v) is 3.01. The molecule has 0 unspecified atom stereocenters. The molecule has 0 bridgehead atoms. The number of hydrogen-bond donors (Lipinski definition) is 2. The topological polar surface area (TPSA) is 101 Å². The standard InChI is InChI=1S/C11H19N3O5/c1-12(2)9(16)6-13(3)11(19)14-5-7(15)4-8(14)10(17)18/h7-8,15H,4-6H2,1-3H3,(H,17,18)/t7-,8-/m0/s1. The van der Waals surface area contributed by atoms with Crippen LogP contribution in [0.15, 0.2) is 0 Å². The Kier molecular flexibility index (Phi) is 4.71. The summed E-state index contributed by atoms with van der Waals surface area (Å²) in [6, 6.07) is -1.61. The number of carbonyl (C=O) groups is 3. The highest BCUT2D eigenvalue weighted by atomic mass is 16.4. The predicted octanol–water partition coefficient (Wildman–Crippen LogP) is -1.35. The third-order valence-electron chi connectivity index (χ3n) is 3.01. The van der Waals surface area contributed by atoms with Gasteiger partial charge >= 0.3 is 12.0 Å². The van der Waals surface area contributed by atoms with Gasteiger partial charge in [0.05, 0.1) is 6.10 Å². The first-order valence-corrected chi connectivity index (χ1v) is 5.86. The molecule has 0 aromatic carbocycles. The van der Waals surface area contributed by atoms with Gasteiger partial charge in [0.2, 0.25) is 5.91 Å². The van der Waals surface area contributed by atoms with E-state index in [0.717, 1.165) is 9.80 Å². The van der Waals surface area contributed by atoms with E-state index >= 15 is 0 Å². The molecule has 1 aliphatic rings. The number of aliphatic hydroxyl groups is 1. The fraction of sp³-hybridized carbons (Fsp3) is 0.727. The molecule has 8 heteroatoms. The van der Waals surface area contributed by atoms with E-state index < -0.39 is 24.1 Å². The summed E-state index contributed by atoms with van der Waals surface area (Å²) in [6.07, 6.45) is -0.834. The summed E-state index contributed by atoms with van der Waals surface area (Å²) < 4.78 is 0. The number of hydrogen-bond acceptors (Lipinski definition) is 4. The highest BCUT2D eigenvalue weighted by molar-refractivity contribution is 5.87. The van der Waals surface area contributed by atoms with E-state index in [2.05, 4.69) is 0 Å². The van der Waals surface area contributed by atoms with Crippen LogP contribution < -0.4 is 0 Å². The molecule has 0 aliphatic carbocycles. The average Bonchev–Trinajstić information content (AvgIpc) is 2.70. The molecule has 3 amide bonds. The molecule has 1 saturated heterocycles. The number of urea groups is 1. The molecule has 2 N–H and O–H groups in total. The lowest BCUT2D eigenvalue weighted by Crippen LogP contribution is -2.49. The molecule has 0 radical (unpaired) electrons. The Morgan fingerprint density at radius 3 is 2.32 bits per heavy atom. The smallest absolute Gasteiger partial charge is 0.326 e. The van der Waals surface area contributed by atoms with E-state index in [0.29, 0.717) is 0 Å².